The first-order valence-corrected chi connectivity index (χ1v) is 8.86. The first-order valence-electron chi connectivity index (χ1n) is 8.86. The average Bonchev–Trinajstić information content (AvgIpc) is 2.68. The summed E-state index contributed by atoms with van der Waals surface area (Å²) in [5.41, 5.74) is 8.02. The molecule has 1 aliphatic carbocycles. The molecule has 0 radical (unpaired) electrons. The van der Waals surface area contributed by atoms with Crippen molar-refractivity contribution < 1.29 is 8.78 Å². The molecule has 0 N–H and O–H groups in total. The van der Waals surface area contributed by atoms with Crippen LogP contribution in [-0.2, 0) is 19.3 Å². The molecule has 0 nitrogen and oxygen atoms in total. The summed E-state index contributed by atoms with van der Waals surface area (Å²) in [5.74, 6) is 4.25. The highest BCUT2D eigenvalue weighted by Crippen LogP contribution is 2.34. The van der Waals surface area contributed by atoms with Crippen LogP contribution in [0.4, 0.5) is 8.78 Å². The molecule has 0 heterocycles. The predicted molar refractivity (Wildman–Crippen MR) is 101 cm³/mol. The Balaban J connectivity index is 1.66. The van der Waals surface area contributed by atoms with Crippen molar-refractivity contribution in [1.82, 2.24) is 0 Å². The van der Waals surface area contributed by atoms with Gasteiger partial charge in [-0.3, -0.25) is 0 Å². The molecular formula is C24H18F2. The van der Waals surface area contributed by atoms with Crippen LogP contribution in [0.3, 0.4) is 0 Å². The van der Waals surface area contributed by atoms with E-state index >= 15 is 0 Å². The molecule has 0 fully saturated rings. The van der Waals surface area contributed by atoms with Crippen LogP contribution in [0.5, 0.6) is 0 Å². The zero-order valence-electron chi connectivity index (χ0n) is 14.6. The second-order valence-corrected chi connectivity index (χ2v) is 6.60. The number of rotatable bonds is 1. The minimum absolute atomic E-state index is 0.471. The van der Waals surface area contributed by atoms with Gasteiger partial charge in [-0.15, -0.1) is 0 Å². The zero-order chi connectivity index (χ0) is 18.1. The first kappa shape index (κ1) is 16.5. The molecule has 3 aromatic rings. The summed E-state index contributed by atoms with van der Waals surface area (Å²) in [6.45, 7) is 2.18. The molecular weight excluding hydrogens is 326 g/mol. The van der Waals surface area contributed by atoms with Crippen molar-refractivity contribution >= 4 is 0 Å². The number of benzene rings is 3. The van der Waals surface area contributed by atoms with E-state index in [1.54, 1.807) is 0 Å². The average molecular weight is 344 g/mol. The predicted octanol–water partition coefficient (Wildman–Crippen LogP) is 5.69. The van der Waals surface area contributed by atoms with Crippen molar-refractivity contribution in [2.24, 2.45) is 0 Å². The maximum absolute atomic E-state index is 13.3. The molecule has 26 heavy (non-hydrogen) atoms. The molecule has 0 saturated heterocycles. The van der Waals surface area contributed by atoms with Gasteiger partial charge in [-0.05, 0) is 77.4 Å². The van der Waals surface area contributed by atoms with Crippen molar-refractivity contribution in [3.05, 3.63) is 94.0 Å². The van der Waals surface area contributed by atoms with Crippen LogP contribution in [0.15, 0.2) is 54.6 Å². The standard InChI is InChI=1S/C24H18F2/c1-2-16-5-10-21-19(13-16)8-9-20-14-17(6-11-22(20)21)3-4-18-7-12-23(25)24(26)15-18/h5-7,10-15H,2,8-9H2,1H3. The normalized spacial score (nSPS) is 12.0. The third-order valence-electron chi connectivity index (χ3n) is 4.91. The van der Waals surface area contributed by atoms with Crippen LogP contribution in [0.2, 0.25) is 0 Å². The molecule has 0 amide bonds. The van der Waals surface area contributed by atoms with Gasteiger partial charge in [-0.1, -0.05) is 43.0 Å². The van der Waals surface area contributed by atoms with E-state index in [-0.39, 0.29) is 0 Å². The van der Waals surface area contributed by atoms with Gasteiger partial charge >= 0.3 is 0 Å². The summed E-state index contributed by atoms with van der Waals surface area (Å²) in [6, 6.07) is 16.7. The SMILES string of the molecule is CCc1ccc2c(c1)CCc1cc(C#Cc3ccc(F)c(F)c3)ccc1-2. The lowest BCUT2D eigenvalue weighted by Crippen LogP contribution is -2.05. The van der Waals surface area contributed by atoms with Gasteiger partial charge in [-0.25, -0.2) is 8.78 Å². The summed E-state index contributed by atoms with van der Waals surface area (Å²) >= 11 is 0. The largest absolute Gasteiger partial charge is 0.204 e. The number of hydrogen-bond donors (Lipinski definition) is 0. The Morgan fingerprint density at radius 2 is 1.35 bits per heavy atom. The van der Waals surface area contributed by atoms with Gasteiger partial charge in [0.2, 0.25) is 0 Å². The quantitative estimate of drug-likeness (QED) is 0.497. The lowest BCUT2D eigenvalue weighted by Gasteiger charge is -2.20. The molecule has 4 rings (SSSR count). The fourth-order valence-corrected chi connectivity index (χ4v) is 3.47. The number of fused-ring (bicyclic) bond motifs is 3. The van der Waals surface area contributed by atoms with E-state index in [4.69, 9.17) is 0 Å². The van der Waals surface area contributed by atoms with E-state index in [0.717, 1.165) is 37.0 Å². The van der Waals surface area contributed by atoms with Gasteiger partial charge in [0.05, 0.1) is 0 Å². The summed E-state index contributed by atoms with van der Waals surface area (Å²) in [7, 11) is 0. The summed E-state index contributed by atoms with van der Waals surface area (Å²) in [5, 5.41) is 0. The monoisotopic (exact) mass is 344 g/mol. The topological polar surface area (TPSA) is 0 Å². The maximum Gasteiger partial charge on any atom is 0.160 e. The molecule has 0 bridgehead atoms. The number of hydrogen-bond acceptors (Lipinski definition) is 0. The van der Waals surface area contributed by atoms with Gasteiger partial charge in [0.15, 0.2) is 11.6 Å². The molecule has 0 unspecified atom stereocenters. The van der Waals surface area contributed by atoms with Crippen LogP contribution in [0.25, 0.3) is 11.1 Å². The van der Waals surface area contributed by atoms with E-state index in [9.17, 15) is 8.78 Å². The highest BCUT2D eigenvalue weighted by molar-refractivity contribution is 5.74. The van der Waals surface area contributed by atoms with Crippen LogP contribution < -0.4 is 0 Å². The van der Waals surface area contributed by atoms with Gasteiger partial charge in [0.25, 0.3) is 0 Å². The van der Waals surface area contributed by atoms with Gasteiger partial charge < -0.3 is 0 Å². The highest BCUT2D eigenvalue weighted by atomic mass is 19.2. The van der Waals surface area contributed by atoms with Crippen molar-refractivity contribution in [2.75, 3.05) is 0 Å². The lowest BCUT2D eigenvalue weighted by molar-refractivity contribution is 0.508. The number of halogens is 2. The minimum Gasteiger partial charge on any atom is -0.204 e. The summed E-state index contributed by atoms with van der Waals surface area (Å²) in [6.07, 6.45) is 3.09. The molecule has 0 aliphatic heterocycles. The Hall–Kier alpha value is -2.92. The van der Waals surface area contributed by atoms with Crippen molar-refractivity contribution in [2.45, 2.75) is 26.2 Å². The molecule has 0 saturated carbocycles. The van der Waals surface area contributed by atoms with E-state index < -0.39 is 11.6 Å². The van der Waals surface area contributed by atoms with Crippen molar-refractivity contribution in [1.29, 1.82) is 0 Å². The molecule has 0 aromatic heterocycles. The van der Waals surface area contributed by atoms with E-state index in [2.05, 4.69) is 49.1 Å². The number of aryl methyl sites for hydroxylation is 3. The van der Waals surface area contributed by atoms with Crippen LogP contribution in [-0.4, -0.2) is 0 Å². The Bertz CT molecular complexity index is 1050. The lowest BCUT2D eigenvalue weighted by atomic mass is 9.84. The third kappa shape index (κ3) is 3.13. The first-order chi connectivity index (χ1) is 12.6. The van der Waals surface area contributed by atoms with Crippen LogP contribution >= 0.6 is 0 Å². The molecule has 3 aromatic carbocycles. The summed E-state index contributed by atoms with van der Waals surface area (Å²) < 4.78 is 26.3. The van der Waals surface area contributed by atoms with E-state index in [1.807, 2.05) is 6.07 Å². The van der Waals surface area contributed by atoms with Crippen molar-refractivity contribution in [3.8, 4) is 23.0 Å². The van der Waals surface area contributed by atoms with E-state index in [1.165, 1.54) is 33.9 Å². The van der Waals surface area contributed by atoms with Crippen LogP contribution in [0, 0.1) is 23.5 Å². The Morgan fingerprint density at radius 1 is 0.731 bits per heavy atom. The maximum atomic E-state index is 13.3. The second-order valence-electron chi connectivity index (χ2n) is 6.60. The van der Waals surface area contributed by atoms with E-state index in [0.29, 0.717) is 5.56 Å². The summed E-state index contributed by atoms with van der Waals surface area (Å²) in [4.78, 5) is 0. The molecule has 128 valence electrons. The minimum atomic E-state index is -0.870. The van der Waals surface area contributed by atoms with Gasteiger partial charge in [0.1, 0.15) is 0 Å². The molecule has 2 heteroatoms. The Kier molecular flexibility index (Phi) is 4.31. The molecule has 1 aliphatic rings. The van der Waals surface area contributed by atoms with Crippen molar-refractivity contribution in [3.63, 3.8) is 0 Å². The van der Waals surface area contributed by atoms with Gasteiger partial charge in [-0.2, -0.15) is 0 Å². The highest BCUT2D eigenvalue weighted by Gasteiger charge is 2.16. The Morgan fingerprint density at radius 3 is 2.04 bits per heavy atom. The fourth-order valence-electron chi connectivity index (χ4n) is 3.47. The molecule has 0 spiro atoms. The zero-order valence-corrected chi connectivity index (χ0v) is 14.6. The smallest absolute Gasteiger partial charge is 0.160 e. The molecule has 0 atom stereocenters. The second kappa shape index (κ2) is 6.77. The Labute approximate surface area is 152 Å². The fraction of sp³-hybridized carbons (Fsp3) is 0.167. The third-order valence-corrected chi connectivity index (χ3v) is 4.91. The van der Waals surface area contributed by atoms with Gasteiger partial charge in [0, 0.05) is 11.1 Å². The van der Waals surface area contributed by atoms with Crippen LogP contribution in [0.1, 0.15) is 34.7 Å².